The van der Waals surface area contributed by atoms with Crippen molar-refractivity contribution < 1.29 is 0 Å². The maximum absolute atomic E-state index is 6.03. The molecule has 1 N–H and O–H groups in total. The Labute approximate surface area is 126 Å². The fourth-order valence-corrected chi connectivity index (χ4v) is 4.09. The average molecular weight is 396 g/mol. The van der Waals surface area contributed by atoms with Gasteiger partial charge in [-0.05, 0) is 62.7 Å². The van der Waals surface area contributed by atoms with Crippen LogP contribution in [-0.2, 0) is 0 Å². The largest absolute Gasteiger partial charge is 0.309 e. The SMILES string of the molecule is CNC(c1cccc(Cl)c1)c1cc(Br)c(Br)s1. The monoisotopic (exact) mass is 393 g/mol. The average Bonchev–Trinajstić information content (AvgIpc) is 2.60. The van der Waals surface area contributed by atoms with Crippen LogP contribution in [0, 0.1) is 0 Å². The summed E-state index contributed by atoms with van der Waals surface area (Å²) in [4.78, 5) is 1.24. The van der Waals surface area contributed by atoms with Gasteiger partial charge in [0.1, 0.15) is 0 Å². The molecule has 0 bridgehead atoms. The molecule has 1 heterocycles. The molecule has 0 saturated heterocycles. The van der Waals surface area contributed by atoms with E-state index in [0.29, 0.717) is 0 Å². The van der Waals surface area contributed by atoms with E-state index < -0.39 is 0 Å². The van der Waals surface area contributed by atoms with Crippen molar-refractivity contribution >= 4 is 54.8 Å². The van der Waals surface area contributed by atoms with E-state index in [2.05, 4.69) is 49.3 Å². The third-order valence-electron chi connectivity index (χ3n) is 2.42. The van der Waals surface area contributed by atoms with Crippen LogP contribution in [0.1, 0.15) is 16.5 Å². The number of thiophene rings is 1. The Balaban J connectivity index is 2.39. The minimum Gasteiger partial charge on any atom is -0.309 e. The van der Waals surface area contributed by atoms with Crippen molar-refractivity contribution in [1.29, 1.82) is 0 Å². The zero-order valence-electron chi connectivity index (χ0n) is 9.01. The minimum absolute atomic E-state index is 0.168. The molecule has 0 aliphatic heterocycles. The highest BCUT2D eigenvalue weighted by Crippen LogP contribution is 2.37. The molecular weight excluding hydrogens is 385 g/mol. The van der Waals surface area contributed by atoms with Crippen molar-refractivity contribution in [3.8, 4) is 0 Å². The van der Waals surface area contributed by atoms with Crippen LogP contribution in [0.2, 0.25) is 5.02 Å². The Hall–Kier alpha value is 0.130. The molecule has 0 fully saturated rings. The molecule has 0 aliphatic carbocycles. The van der Waals surface area contributed by atoms with Gasteiger partial charge < -0.3 is 5.32 Å². The van der Waals surface area contributed by atoms with E-state index in [0.717, 1.165) is 13.3 Å². The van der Waals surface area contributed by atoms with E-state index in [1.165, 1.54) is 10.4 Å². The number of hydrogen-bond acceptors (Lipinski definition) is 2. The Morgan fingerprint density at radius 3 is 2.59 bits per heavy atom. The molecule has 1 nitrogen and oxygen atoms in total. The maximum Gasteiger partial charge on any atom is 0.0843 e. The fourth-order valence-electron chi connectivity index (χ4n) is 1.66. The van der Waals surface area contributed by atoms with Crippen LogP contribution in [0.3, 0.4) is 0 Å². The van der Waals surface area contributed by atoms with Gasteiger partial charge in [-0.15, -0.1) is 11.3 Å². The van der Waals surface area contributed by atoms with Crippen LogP contribution in [0.15, 0.2) is 38.6 Å². The zero-order valence-corrected chi connectivity index (χ0v) is 13.8. The summed E-state index contributed by atoms with van der Waals surface area (Å²) >= 11 is 14.8. The number of hydrogen-bond donors (Lipinski definition) is 1. The minimum atomic E-state index is 0.168. The summed E-state index contributed by atoms with van der Waals surface area (Å²) in [7, 11) is 1.95. The van der Waals surface area contributed by atoms with Crippen molar-refractivity contribution in [2.45, 2.75) is 6.04 Å². The zero-order chi connectivity index (χ0) is 12.4. The third kappa shape index (κ3) is 3.12. The van der Waals surface area contributed by atoms with Crippen molar-refractivity contribution in [2.75, 3.05) is 7.05 Å². The van der Waals surface area contributed by atoms with Crippen LogP contribution in [-0.4, -0.2) is 7.05 Å². The fraction of sp³-hybridized carbons (Fsp3) is 0.167. The van der Waals surface area contributed by atoms with Crippen molar-refractivity contribution in [2.24, 2.45) is 0 Å². The first-order valence-electron chi connectivity index (χ1n) is 4.99. The second-order valence-electron chi connectivity index (χ2n) is 3.55. The molecule has 0 saturated carbocycles. The van der Waals surface area contributed by atoms with Gasteiger partial charge in [0.2, 0.25) is 0 Å². The summed E-state index contributed by atoms with van der Waals surface area (Å²) < 4.78 is 2.19. The van der Waals surface area contributed by atoms with Gasteiger partial charge in [0.15, 0.2) is 0 Å². The molecule has 1 atom stereocenters. The van der Waals surface area contributed by atoms with E-state index in [4.69, 9.17) is 11.6 Å². The number of halogens is 3. The molecule has 0 spiro atoms. The van der Waals surface area contributed by atoms with Crippen LogP contribution < -0.4 is 5.32 Å². The quantitative estimate of drug-likeness (QED) is 0.750. The highest BCUT2D eigenvalue weighted by Gasteiger charge is 2.16. The lowest BCUT2D eigenvalue weighted by molar-refractivity contribution is 0.704. The lowest BCUT2D eigenvalue weighted by Crippen LogP contribution is -2.16. The molecule has 0 amide bonds. The van der Waals surface area contributed by atoms with Crippen LogP contribution >= 0.6 is 54.8 Å². The molecule has 17 heavy (non-hydrogen) atoms. The number of benzene rings is 1. The highest BCUT2D eigenvalue weighted by atomic mass is 79.9. The lowest BCUT2D eigenvalue weighted by Gasteiger charge is -2.15. The Morgan fingerprint density at radius 1 is 1.29 bits per heavy atom. The van der Waals surface area contributed by atoms with Gasteiger partial charge in [-0.1, -0.05) is 23.7 Å². The van der Waals surface area contributed by atoms with E-state index in [1.807, 2.05) is 25.2 Å². The molecule has 0 radical (unpaired) electrons. The second-order valence-corrected chi connectivity index (χ2v) is 7.24. The van der Waals surface area contributed by atoms with Gasteiger partial charge in [-0.3, -0.25) is 0 Å². The van der Waals surface area contributed by atoms with E-state index in [9.17, 15) is 0 Å². The highest BCUT2D eigenvalue weighted by molar-refractivity contribution is 9.13. The van der Waals surface area contributed by atoms with Gasteiger partial charge in [-0.2, -0.15) is 0 Å². The number of rotatable bonds is 3. The van der Waals surface area contributed by atoms with Gasteiger partial charge >= 0.3 is 0 Å². The van der Waals surface area contributed by atoms with Crippen LogP contribution in [0.5, 0.6) is 0 Å². The topological polar surface area (TPSA) is 12.0 Å². The lowest BCUT2D eigenvalue weighted by atomic mass is 10.1. The summed E-state index contributed by atoms with van der Waals surface area (Å²) in [6.45, 7) is 0. The van der Waals surface area contributed by atoms with Crippen LogP contribution in [0.4, 0.5) is 0 Å². The number of nitrogens with one attached hydrogen (secondary N) is 1. The summed E-state index contributed by atoms with van der Waals surface area (Å²) in [5.74, 6) is 0. The standard InChI is InChI=1S/C12H10Br2ClNS/c1-16-11(7-3-2-4-8(15)5-7)10-6-9(13)12(14)17-10/h2-6,11,16H,1H3. The first-order chi connectivity index (χ1) is 8.11. The molecule has 90 valence electrons. The molecular formula is C12H10Br2ClNS. The maximum atomic E-state index is 6.03. The Kier molecular flexibility index (Phi) is 4.66. The summed E-state index contributed by atoms with van der Waals surface area (Å²) in [6.07, 6.45) is 0. The van der Waals surface area contributed by atoms with E-state index >= 15 is 0 Å². The first-order valence-corrected chi connectivity index (χ1v) is 7.77. The van der Waals surface area contributed by atoms with Gasteiger partial charge in [0.05, 0.1) is 9.83 Å². The van der Waals surface area contributed by atoms with Gasteiger partial charge in [-0.25, -0.2) is 0 Å². The van der Waals surface area contributed by atoms with Crippen molar-refractivity contribution in [3.05, 3.63) is 54.1 Å². The normalized spacial score (nSPS) is 12.7. The van der Waals surface area contributed by atoms with Gasteiger partial charge in [0.25, 0.3) is 0 Å². The summed E-state index contributed by atoms with van der Waals surface area (Å²) in [5, 5.41) is 4.07. The van der Waals surface area contributed by atoms with E-state index in [1.54, 1.807) is 11.3 Å². The molecule has 2 rings (SSSR count). The second kappa shape index (κ2) is 5.85. The third-order valence-corrected chi connectivity index (χ3v) is 5.98. The van der Waals surface area contributed by atoms with Crippen molar-refractivity contribution in [1.82, 2.24) is 5.32 Å². The smallest absolute Gasteiger partial charge is 0.0843 e. The predicted molar refractivity (Wildman–Crippen MR) is 82.1 cm³/mol. The Bertz CT molecular complexity index is 507. The van der Waals surface area contributed by atoms with Crippen molar-refractivity contribution in [3.63, 3.8) is 0 Å². The summed E-state index contributed by atoms with van der Waals surface area (Å²) in [5.41, 5.74) is 1.17. The van der Waals surface area contributed by atoms with Gasteiger partial charge in [0, 0.05) is 14.4 Å². The molecule has 1 unspecified atom stereocenters. The Morgan fingerprint density at radius 2 is 2.06 bits per heavy atom. The molecule has 5 heteroatoms. The van der Waals surface area contributed by atoms with Crippen LogP contribution in [0.25, 0.3) is 0 Å². The molecule has 2 aromatic rings. The summed E-state index contributed by atoms with van der Waals surface area (Å²) in [6, 6.07) is 10.2. The molecule has 0 aliphatic rings. The van der Waals surface area contributed by atoms with E-state index in [-0.39, 0.29) is 6.04 Å². The first kappa shape index (κ1) is 13.6. The molecule has 1 aromatic carbocycles. The predicted octanol–water partition coefficient (Wildman–Crippen LogP) is 5.24. The molecule has 1 aromatic heterocycles.